The highest BCUT2D eigenvalue weighted by molar-refractivity contribution is 5.93. The summed E-state index contributed by atoms with van der Waals surface area (Å²) < 4.78 is 0. The number of rotatable bonds is 3. The SMILES string of the molecule is CC(C)(C)NCC1CCN(c2cccc3ccncc23)C1. The average Bonchev–Trinajstić information content (AvgIpc) is 2.92. The summed E-state index contributed by atoms with van der Waals surface area (Å²) in [6.07, 6.45) is 5.12. The Morgan fingerprint density at radius 3 is 2.95 bits per heavy atom. The Bertz CT molecular complexity index is 610. The zero-order valence-electron chi connectivity index (χ0n) is 13.3. The lowest BCUT2D eigenvalue weighted by Crippen LogP contribution is -2.39. The van der Waals surface area contributed by atoms with Crippen molar-refractivity contribution in [3.63, 3.8) is 0 Å². The summed E-state index contributed by atoms with van der Waals surface area (Å²) in [4.78, 5) is 6.81. The third-order valence-electron chi connectivity index (χ3n) is 4.21. The first-order valence-electron chi connectivity index (χ1n) is 7.86. The van der Waals surface area contributed by atoms with E-state index in [1.165, 1.54) is 22.9 Å². The summed E-state index contributed by atoms with van der Waals surface area (Å²) in [5, 5.41) is 6.18. The van der Waals surface area contributed by atoms with Crippen molar-refractivity contribution in [3.8, 4) is 0 Å². The first-order valence-corrected chi connectivity index (χ1v) is 7.86. The molecule has 1 aliphatic heterocycles. The second-order valence-electron chi connectivity index (χ2n) is 7.11. The third kappa shape index (κ3) is 3.35. The van der Waals surface area contributed by atoms with E-state index in [1.54, 1.807) is 0 Å². The molecule has 1 atom stereocenters. The van der Waals surface area contributed by atoms with Crippen molar-refractivity contribution in [2.24, 2.45) is 5.92 Å². The van der Waals surface area contributed by atoms with Gasteiger partial charge in [0, 0.05) is 48.6 Å². The van der Waals surface area contributed by atoms with Gasteiger partial charge in [0.1, 0.15) is 0 Å². The van der Waals surface area contributed by atoms with Crippen molar-refractivity contribution < 1.29 is 0 Å². The van der Waals surface area contributed by atoms with Crippen LogP contribution >= 0.6 is 0 Å². The number of aromatic nitrogens is 1. The Morgan fingerprint density at radius 1 is 1.29 bits per heavy atom. The Labute approximate surface area is 127 Å². The van der Waals surface area contributed by atoms with E-state index in [0.29, 0.717) is 0 Å². The summed E-state index contributed by atoms with van der Waals surface area (Å²) in [6, 6.07) is 8.63. The summed E-state index contributed by atoms with van der Waals surface area (Å²) in [6.45, 7) is 10.1. The van der Waals surface area contributed by atoms with E-state index in [9.17, 15) is 0 Å². The standard InChI is InChI=1S/C18H25N3/c1-18(2,3)20-11-14-8-10-21(13-14)17-6-4-5-15-7-9-19-12-16(15)17/h4-7,9,12,14,20H,8,10-11,13H2,1-3H3. The first-order chi connectivity index (χ1) is 10.0. The van der Waals surface area contributed by atoms with Crippen molar-refractivity contribution in [1.82, 2.24) is 10.3 Å². The van der Waals surface area contributed by atoms with Gasteiger partial charge in [-0.25, -0.2) is 0 Å². The van der Waals surface area contributed by atoms with E-state index in [0.717, 1.165) is 25.6 Å². The lowest BCUT2D eigenvalue weighted by Gasteiger charge is -2.24. The Kier molecular flexibility index (Phi) is 3.85. The number of anilines is 1. The maximum atomic E-state index is 4.29. The quantitative estimate of drug-likeness (QED) is 0.935. The average molecular weight is 283 g/mol. The van der Waals surface area contributed by atoms with E-state index in [4.69, 9.17) is 0 Å². The molecule has 1 fully saturated rings. The molecule has 1 aromatic carbocycles. The molecular weight excluding hydrogens is 258 g/mol. The van der Waals surface area contributed by atoms with Crippen LogP contribution in [-0.4, -0.2) is 30.2 Å². The summed E-state index contributed by atoms with van der Waals surface area (Å²) >= 11 is 0. The minimum absolute atomic E-state index is 0.205. The predicted octanol–water partition coefficient (Wildman–Crippen LogP) is 3.45. The topological polar surface area (TPSA) is 28.2 Å². The molecule has 1 saturated heterocycles. The smallest absolute Gasteiger partial charge is 0.0461 e. The van der Waals surface area contributed by atoms with Gasteiger partial charge < -0.3 is 10.2 Å². The number of hydrogen-bond acceptors (Lipinski definition) is 3. The molecule has 3 rings (SSSR count). The van der Waals surface area contributed by atoms with Crippen LogP contribution in [0.4, 0.5) is 5.69 Å². The second-order valence-corrected chi connectivity index (χ2v) is 7.11. The second kappa shape index (κ2) is 5.64. The lowest BCUT2D eigenvalue weighted by atomic mass is 10.1. The predicted molar refractivity (Wildman–Crippen MR) is 89.8 cm³/mol. The molecule has 0 bridgehead atoms. The van der Waals surface area contributed by atoms with Crippen LogP contribution in [0, 0.1) is 5.92 Å². The fourth-order valence-electron chi connectivity index (χ4n) is 3.04. The van der Waals surface area contributed by atoms with Crippen molar-refractivity contribution in [3.05, 3.63) is 36.7 Å². The fourth-order valence-corrected chi connectivity index (χ4v) is 3.04. The Hall–Kier alpha value is -1.61. The Balaban J connectivity index is 1.73. The molecule has 1 unspecified atom stereocenters. The molecule has 0 saturated carbocycles. The fraction of sp³-hybridized carbons (Fsp3) is 0.500. The van der Waals surface area contributed by atoms with Crippen molar-refractivity contribution in [1.29, 1.82) is 0 Å². The van der Waals surface area contributed by atoms with E-state index >= 15 is 0 Å². The normalized spacial score (nSPS) is 19.4. The molecule has 0 spiro atoms. The van der Waals surface area contributed by atoms with Crippen LogP contribution in [0.5, 0.6) is 0 Å². The molecule has 0 amide bonds. The van der Waals surface area contributed by atoms with Gasteiger partial charge in [0.25, 0.3) is 0 Å². The molecule has 2 aromatic rings. The van der Waals surface area contributed by atoms with Gasteiger partial charge in [-0.2, -0.15) is 0 Å². The number of nitrogens with zero attached hydrogens (tertiary/aromatic N) is 2. The van der Waals surface area contributed by atoms with E-state index in [-0.39, 0.29) is 5.54 Å². The van der Waals surface area contributed by atoms with Crippen molar-refractivity contribution in [2.45, 2.75) is 32.7 Å². The molecule has 0 radical (unpaired) electrons. The number of hydrogen-bond donors (Lipinski definition) is 1. The highest BCUT2D eigenvalue weighted by atomic mass is 15.2. The number of pyridine rings is 1. The summed E-state index contributed by atoms with van der Waals surface area (Å²) in [5.41, 5.74) is 1.54. The van der Waals surface area contributed by atoms with Crippen molar-refractivity contribution in [2.75, 3.05) is 24.5 Å². The van der Waals surface area contributed by atoms with E-state index in [2.05, 4.69) is 60.2 Å². The summed E-state index contributed by atoms with van der Waals surface area (Å²) in [5.74, 6) is 0.733. The minimum atomic E-state index is 0.205. The van der Waals surface area contributed by atoms with Crippen LogP contribution in [-0.2, 0) is 0 Å². The van der Waals surface area contributed by atoms with Crippen LogP contribution in [0.15, 0.2) is 36.7 Å². The lowest BCUT2D eigenvalue weighted by molar-refractivity contribution is 0.383. The van der Waals surface area contributed by atoms with Gasteiger partial charge in [0.2, 0.25) is 0 Å². The molecule has 1 N–H and O–H groups in total. The number of nitrogens with one attached hydrogen (secondary N) is 1. The third-order valence-corrected chi connectivity index (χ3v) is 4.21. The monoisotopic (exact) mass is 283 g/mol. The van der Waals surface area contributed by atoms with Crippen LogP contribution in [0.1, 0.15) is 27.2 Å². The first kappa shape index (κ1) is 14.3. The molecule has 0 aliphatic carbocycles. The van der Waals surface area contributed by atoms with Crippen LogP contribution in [0.25, 0.3) is 10.8 Å². The van der Waals surface area contributed by atoms with Crippen LogP contribution in [0.2, 0.25) is 0 Å². The van der Waals surface area contributed by atoms with Gasteiger partial charge >= 0.3 is 0 Å². The van der Waals surface area contributed by atoms with Gasteiger partial charge in [-0.15, -0.1) is 0 Å². The van der Waals surface area contributed by atoms with E-state index in [1.807, 2.05) is 12.4 Å². The van der Waals surface area contributed by atoms with Gasteiger partial charge in [-0.1, -0.05) is 12.1 Å². The van der Waals surface area contributed by atoms with Gasteiger partial charge in [-0.3, -0.25) is 4.98 Å². The molecule has 21 heavy (non-hydrogen) atoms. The van der Waals surface area contributed by atoms with Gasteiger partial charge in [0.15, 0.2) is 0 Å². The molecule has 2 heterocycles. The largest absolute Gasteiger partial charge is 0.371 e. The summed E-state index contributed by atoms with van der Waals surface area (Å²) in [7, 11) is 0. The Morgan fingerprint density at radius 2 is 2.14 bits per heavy atom. The zero-order chi connectivity index (χ0) is 14.9. The number of fused-ring (bicyclic) bond motifs is 1. The van der Waals surface area contributed by atoms with Gasteiger partial charge in [0.05, 0.1) is 0 Å². The molecular formula is C18H25N3. The number of benzene rings is 1. The molecule has 3 nitrogen and oxygen atoms in total. The van der Waals surface area contributed by atoms with Gasteiger partial charge in [-0.05, 0) is 50.6 Å². The minimum Gasteiger partial charge on any atom is -0.371 e. The highest BCUT2D eigenvalue weighted by Crippen LogP contribution is 2.30. The zero-order valence-corrected chi connectivity index (χ0v) is 13.3. The maximum Gasteiger partial charge on any atom is 0.0461 e. The maximum absolute atomic E-state index is 4.29. The van der Waals surface area contributed by atoms with Crippen LogP contribution in [0.3, 0.4) is 0 Å². The molecule has 1 aromatic heterocycles. The highest BCUT2D eigenvalue weighted by Gasteiger charge is 2.24. The molecule has 112 valence electrons. The van der Waals surface area contributed by atoms with E-state index < -0.39 is 0 Å². The molecule has 3 heteroatoms. The molecule has 1 aliphatic rings. The van der Waals surface area contributed by atoms with Crippen molar-refractivity contribution >= 4 is 16.5 Å². The van der Waals surface area contributed by atoms with Crippen LogP contribution < -0.4 is 10.2 Å².